The SMILES string of the molecule is CCC(Nc1cnn(C(C)C)c(=O)c1Cl)c1ncc[nH]1. The minimum Gasteiger partial charge on any atom is -0.372 e. The summed E-state index contributed by atoms with van der Waals surface area (Å²) >= 11 is 6.14. The minimum atomic E-state index is -0.291. The van der Waals surface area contributed by atoms with E-state index in [-0.39, 0.29) is 22.7 Å². The molecular formula is C13H18ClN5O. The van der Waals surface area contributed by atoms with Crippen LogP contribution in [-0.2, 0) is 0 Å². The molecule has 0 saturated heterocycles. The first kappa shape index (κ1) is 14.6. The van der Waals surface area contributed by atoms with E-state index in [2.05, 4.69) is 20.4 Å². The number of rotatable bonds is 5. The Labute approximate surface area is 122 Å². The summed E-state index contributed by atoms with van der Waals surface area (Å²) in [6.07, 6.45) is 5.83. The van der Waals surface area contributed by atoms with Crippen molar-refractivity contribution in [2.24, 2.45) is 0 Å². The second-order valence-electron chi connectivity index (χ2n) is 4.80. The zero-order valence-electron chi connectivity index (χ0n) is 11.7. The van der Waals surface area contributed by atoms with Crippen molar-refractivity contribution in [3.05, 3.63) is 39.8 Å². The van der Waals surface area contributed by atoms with E-state index in [9.17, 15) is 4.79 Å². The van der Waals surface area contributed by atoms with Crippen LogP contribution in [0.4, 0.5) is 5.69 Å². The second kappa shape index (κ2) is 6.09. The highest BCUT2D eigenvalue weighted by Gasteiger charge is 2.16. The number of H-pyrrole nitrogens is 1. The first-order valence-electron chi connectivity index (χ1n) is 6.57. The van der Waals surface area contributed by atoms with Crippen molar-refractivity contribution in [1.82, 2.24) is 19.7 Å². The van der Waals surface area contributed by atoms with Crippen molar-refractivity contribution < 1.29 is 0 Å². The molecular weight excluding hydrogens is 278 g/mol. The summed E-state index contributed by atoms with van der Waals surface area (Å²) in [6.45, 7) is 5.79. The Morgan fingerprint density at radius 3 is 2.80 bits per heavy atom. The van der Waals surface area contributed by atoms with Gasteiger partial charge in [0.1, 0.15) is 10.8 Å². The Morgan fingerprint density at radius 1 is 1.50 bits per heavy atom. The first-order valence-corrected chi connectivity index (χ1v) is 6.95. The molecule has 0 amide bonds. The highest BCUT2D eigenvalue weighted by Crippen LogP contribution is 2.23. The fraction of sp³-hybridized carbons (Fsp3) is 0.462. The Balaban J connectivity index is 2.30. The van der Waals surface area contributed by atoms with E-state index in [1.54, 1.807) is 18.6 Å². The lowest BCUT2D eigenvalue weighted by atomic mass is 10.2. The van der Waals surface area contributed by atoms with Gasteiger partial charge in [-0.1, -0.05) is 18.5 Å². The molecule has 0 spiro atoms. The van der Waals surface area contributed by atoms with Crippen LogP contribution in [0.5, 0.6) is 0 Å². The van der Waals surface area contributed by atoms with Crippen molar-refractivity contribution in [1.29, 1.82) is 0 Å². The van der Waals surface area contributed by atoms with Crippen molar-refractivity contribution in [3.63, 3.8) is 0 Å². The topological polar surface area (TPSA) is 75.6 Å². The van der Waals surface area contributed by atoms with Crippen LogP contribution in [-0.4, -0.2) is 19.7 Å². The largest absolute Gasteiger partial charge is 0.372 e. The average Bonchev–Trinajstić information content (AvgIpc) is 2.94. The normalized spacial score (nSPS) is 12.7. The van der Waals surface area contributed by atoms with Crippen LogP contribution in [0.3, 0.4) is 0 Å². The number of anilines is 1. The molecule has 0 fully saturated rings. The standard InChI is InChI=1S/C13H18ClN5O/c1-4-9(12-15-5-6-16-12)18-10-7-17-19(8(2)3)13(20)11(10)14/h5-9,18H,4H2,1-3H3,(H,15,16). The van der Waals surface area contributed by atoms with Gasteiger partial charge in [-0.15, -0.1) is 0 Å². The first-order chi connectivity index (χ1) is 9.54. The molecule has 0 aliphatic rings. The third-order valence-corrected chi connectivity index (χ3v) is 3.39. The summed E-state index contributed by atoms with van der Waals surface area (Å²) in [4.78, 5) is 19.4. The maximum Gasteiger partial charge on any atom is 0.287 e. The number of hydrogen-bond donors (Lipinski definition) is 2. The summed E-state index contributed by atoms with van der Waals surface area (Å²) in [5.74, 6) is 0.802. The highest BCUT2D eigenvalue weighted by atomic mass is 35.5. The summed E-state index contributed by atoms with van der Waals surface area (Å²) < 4.78 is 1.36. The number of aromatic amines is 1. The highest BCUT2D eigenvalue weighted by molar-refractivity contribution is 6.32. The van der Waals surface area contributed by atoms with E-state index < -0.39 is 0 Å². The van der Waals surface area contributed by atoms with Crippen LogP contribution in [0.1, 0.15) is 45.1 Å². The lowest BCUT2D eigenvalue weighted by Crippen LogP contribution is -2.26. The minimum absolute atomic E-state index is 0.0268. The molecule has 0 aliphatic carbocycles. The van der Waals surface area contributed by atoms with Gasteiger partial charge in [-0.25, -0.2) is 9.67 Å². The van der Waals surface area contributed by atoms with Crippen LogP contribution < -0.4 is 10.9 Å². The molecule has 0 aromatic carbocycles. The smallest absolute Gasteiger partial charge is 0.287 e. The summed E-state index contributed by atoms with van der Waals surface area (Å²) in [5.41, 5.74) is 0.234. The van der Waals surface area contributed by atoms with Crippen molar-refractivity contribution in [2.75, 3.05) is 5.32 Å². The number of hydrogen-bond acceptors (Lipinski definition) is 4. The predicted molar refractivity (Wildman–Crippen MR) is 79.1 cm³/mol. The second-order valence-corrected chi connectivity index (χ2v) is 5.17. The van der Waals surface area contributed by atoms with E-state index in [1.807, 2.05) is 20.8 Å². The molecule has 0 bridgehead atoms. The zero-order chi connectivity index (χ0) is 14.7. The van der Waals surface area contributed by atoms with Crippen molar-refractivity contribution in [3.8, 4) is 0 Å². The van der Waals surface area contributed by atoms with E-state index in [4.69, 9.17) is 11.6 Å². The number of nitrogens with zero attached hydrogens (tertiary/aromatic N) is 3. The molecule has 2 rings (SSSR count). The number of halogens is 1. The summed E-state index contributed by atoms with van der Waals surface area (Å²) in [7, 11) is 0. The van der Waals surface area contributed by atoms with Gasteiger partial charge in [0.15, 0.2) is 0 Å². The molecule has 2 aromatic rings. The van der Waals surface area contributed by atoms with Crippen LogP contribution >= 0.6 is 11.6 Å². The van der Waals surface area contributed by atoms with Crippen molar-refractivity contribution in [2.45, 2.75) is 39.3 Å². The molecule has 6 nitrogen and oxygen atoms in total. The maximum absolute atomic E-state index is 12.1. The lowest BCUT2D eigenvalue weighted by molar-refractivity contribution is 0.503. The van der Waals surface area contributed by atoms with Gasteiger partial charge in [0.2, 0.25) is 0 Å². The molecule has 0 radical (unpaired) electrons. The number of nitrogens with one attached hydrogen (secondary N) is 2. The van der Waals surface area contributed by atoms with Crippen molar-refractivity contribution >= 4 is 17.3 Å². The molecule has 2 aromatic heterocycles. The van der Waals surface area contributed by atoms with Gasteiger partial charge in [-0.3, -0.25) is 4.79 Å². The van der Waals surface area contributed by atoms with Gasteiger partial charge in [0.05, 0.1) is 24.0 Å². The molecule has 7 heteroatoms. The number of aromatic nitrogens is 4. The molecule has 2 N–H and O–H groups in total. The monoisotopic (exact) mass is 295 g/mol. The Morgan fingerprint density at radius 2 is 2.25 bits per heavy atom. The summed E-state index contributed by atoms with van der Waals surface area (Å²) in [5, 5.41) is 7.49. The number of imidazole rings is 1. The third kappa shape index (κ3) is 2.85. The fourth-order valence-electron chi connectivity index (χ4n) is 1.93. The average molecular weight is 296 g/mol. The summed E-state index contributed by atoms with van der Waals surface area (Å²) in [6, 6.07) is -0.0697. The van der Waals surface area contributed by atoms with Gasteiger partial charge >= 0.3 is 0 Å². The fourth-order valence-corrected chi connectivity index (χ4v) is 2.12. The lowest BCUT2D eigenvalue weighted by Gasteiger charge is -2.17. The van der Waals surface area contributed by atoms with Gasteiger partial charge in [-0.05, 0) is 20.3 Å². The zero-order valence-corrected chi connectivity index (χ0v) is 12.5. The molecule has 1 atom stereocenters. The van der Waals surface area contributed by atoms with Crippen LogP contribution in [0.15, 0.2) is 23.4 Å². The van der Waals surface area contributed by atoms with Gasteiger partial charge < -0.3 is 10.3 Å². The Bertz CT molecular complexity index is 620. The predicted octanol–water partition coefficient (Wildman–Crippen LogP) is 2.76. The maximum atomic E-state index is 12.1. The van der Waals surface area contributed by atoms with Gasteiger partial charge in [-0.2, -0.15) is 5.10 Å². The van der Waals surface area contributed by atoms with E-state index in [0.717, 1.165) is 12.2 Å². The molecule has 0 saturated carbocycles. The molecule has 1 unspecified atom stereocenters. The van der Waals surface area contributed by atoms with Gasteiger partial charge in [0.25, 0.3) is 5.56 Å². The van der Waals surface area contributed by atoms with Crippen LogP contribution in [0.25, 0.3) is 0 Å². The van der Waals surface area contributed by atoms with Crippen LogP contribution in [0, 0.1) is 0 Å². The third-order valence-electron chi connectivity index (χ3n) is 3.02. The molecule has 0 aliphatic heterocycles. The molecule has 108 valence electrons. The quantitative estimate of drug-likeness (QED) is 0.889. The van der Waals surface area contributed by atoms with E-state index >= 15 is 0 Å². The van der Waals surface area contributed by atoms with Gasteiger partial charge in [0, 0.05) is 12.4 Å². The van der Waals surface area contributed by atoms with E-state index in [1.165, 1.54) is 4.68 Å². The van der Waals surface area contributed by atoms with E-state index in [0.29, 0.717) is 5.69 Å². The van der Waals surface area contributed by atoms with Crippen LogP contribution in [0.2, 0.25) is 5.02 Å². The molecule has 20 heavy (non-hydrogen) atoms. The molecule has 2 heterocycles. The Hall–Kier alpha value is -1.82. The Kier molecular flexibility index (Phi) is 4.44.